The number of alkyl carbamates (subject to hydrolysis) is 1. The maximum Gasteiger partial charge on any atom is 0.407 e. The van der Waals surface area contributed by atoms with E-state index in [1.807, 2.05) is 20.8 Å². The van der Waals surface area contributed by atoms with Crippen molar-refractivity contribution < 1.29 is 29.0 Å². The summed E-state index contributed by atoms with van der Waals surface area (Å²) in [6.07, 6.45) is 5.45. The van der Waals surface area contributed by atoms with E-state index in [4.69, 9.17) is 9.47 Å². The first kappa shape index (κ1) is 26.0. The molecule has 2 aromatic rings. The van der Waals surface area contributed by atoms with Gasteiger partial charge in [0.25, 0.3) is 0 Å². The fourth-order valence-electron chi connectivity index (χ4n) is 4.00. The van der Waals surface area contributed by atoms with Crippen LogP contribution in [0.1, 0.15) is 56.8 Å². The third-order valence-corrected chi connectivity index (χ3v) is 5.71. The topological polar surface area (TPSA) is 127 Å². The number of pyridine rings is 1. The summed E-state index contributed by atoms with van der Waals surface area (Å²) < 4.78 is 11.0. The van der Waals surface area contributed by atoms with E-state index in [1.165, 1.54) is 18.5 Å². The molecule has 9 nitrogen and oxygen atoms in total. The van der Waals surface area contributed by atoms with Gasteiger partial charge in [-0.25, -0.2) is 9.59 Å². The molecular formula is C26H33N3O6. The highest BCUT2D eigenvalue weighted by Gasteiger charge is 2.28. The van der Waals surface area contributed by atoms with Crippen molar-refractivity contribution in [3.8, 4) is 16.9 Å². The van der Waals surface area contributed by atoms with Crippen molar-refractivity contribution in [2.75, 3.05) is 13.2 Å². The highest BCUT2D eigenvalue weighted by molar-refractivity contribution is 5.95. The molecule has 1 saturated carbocycles. The van der Waals surface area contributed by atoms with Crippen LogP contribution in [-0.2, 0) is 9.53 Å². The number of rotatable bonds is 8. The summed E-state index contributed by atoms with van der Waals surface area (Å²) in [5.74, 6) is -0.463. The fraction of sp³-hybridized carbons (Fsp3) is 0.462. The third kappa shape index (κ3) is 7.98. The van der Waals surface area contributed by atoms with Crippen LogP contribution in [0.15, 0.2) is 42.7 Å². The van der Waals surface area contributed by atoms with Crippen molar-refractivity contribution in [2.45, 2.75) is 58.1 Å². The molecule has 1 heterocycles. The first-order valence-corrected chi connectivity index (χ1v) is 11.8. The number of hydrogen-bond acceptors (Lipinski definition) is 6. The van der Waals surface area contributed by atoms with E-state index in [9.17, 15) is 19.5 Å². The summed E-state index contributed by atoms with van der Waals surface area (Å²) in [5.41, 5.74) is 0.919. The molecule has 1 fully saturated rings. The van der Waals surface area contributed by atoms with Crippen molar-refractivity contribution in [3.63, 3.8) is 0 Å². The molecule has 1 aromatic carbocycles. The minimum Gasteiger partial charge on any atom is -0.492 e. The van der Waals surface area contributed by atoms with Crippen LogP contribution in [-0.4, -0.2) is 52.9 Å². The maximum absolute atomic E-state index is 12.5. The zero-order valence-corrected chi connectivity index (χ0v) is 20.4. The van der Waals surface area contributed by atoms with Crippen LogP contribution < -0.4 is 15.4 Å². The van der Waals surface area contributed by atoms with E-state index in [-0.39, 0.29) is 23.4 Å². The smallest absolute Gasteiger partial charge is 0.407 e. The Kier molecular flexibility index (Phi) is 8.68. The van der Waals surface area contributed by atoms with Crippen LogP contribution in [0.25, 0.3) is 11.1 Å². The molecule has 188 valence electrons. The zero-order valence-electron chi connectivity index (χ0n) is 20.4. The molecule has 1 aromatic heterocycles. The van der Waals surface area contributed by atoms with E-state index in [1.54, 1.807) is 24.3 Å². The second-order valence-corrected chi connectivity index (χ2v) is 9.59. The number of nitrogens with one attached hydrogen (secondary N) is 2. The average molecular weight is 484 g/mol. The highest BCUT2D eigenvalue weighted by atomic mass is 16.6. The first-order chi connectivity index (χ1) is 16.6. The number of nitrogens with zero attached hydrogens (tertiary/aromatic N) is 1. The number of amides is 2. The Morgan fingerprint density at radius 1 is 1.06 bits per heavy atom. The standard InChI is InChI=1S/C26H33N3O6/c1-26(2,3)35-25(33)29-19-8-4-18(5-9-19)23(30)28-14-15-34-20-10-6-17(7-11-20)22-16-27-13-12-21(22)24(31)32/h6-7,10-13,16,18-19H,4-5,8-9,14-15H2,1-3H3,(H,28,30)(H,29,33)(H,31,32). The molecule has 1 aliphatic carbocycles. The van der Waals surface area contributed by atoms with Gasteiger partial charge in [0.15, 0.2) is 0 Å². The van der Waals surface area contributed by atoms with Gasteiger partial charge in [-0.1, -0.05) is 12.1 Å². The summed E-state index contributed by atoms with van der Waals surface area (Å²) in [6, 6.07) is 8.57. The summed E-state index contributed by atoms with van der Waals surface area (Å²) in [5, 5.41) is 15.1. The van der Waals surface area contributed by atoms with Gasteiger partial charge in [-0.05, 0) is 70.2 Å². The number of carbonyl (C=O) groups excluding carboxylic acids is 2. The fourth-order valence-corrected chi connectivity index (χ4v) is 4.00. The summed E-state index contributed by atoms with van der Waals surface area (Å²) in [7, 11) is 0. The molecule has 9 heteroatoms. The predicted molar refractivity (Wildman–Crippen MR) is 130 cm³/mol. The number of carbonyl (C=O) groups is 3. The number of aromatic carboxylic acids is 1. The lowest BCUT2D eigenvalue weighted by molar-refractivity contribution is -0.126. The Hall–Kier alpha value is -3.62. The zero-order chi connectivity index (χ0) is 25.4. The van der Waals surface area contributed by atoms with Gasteiger partial charge < -0.3 is 25.2 Å². The Balaban J connectivity index is 1.37. The SMILES string of the molecule is CC(C)(C)OC(=O)NC1CCC(C(=O)NCCOc2ccc(-c3cnccc3C(=O)O)cc2)CC1. The van der Waals surface area contributed by atoms with Gasteiger partial charge in [-0.15, -0.1) is 0 Å². The van der Waals surface area contributed by atoms with Crippen molar-refractivity contribution in [2.24, 2.45) is 5.92 Å². The lowest BCUT2D eigenvalue weighted by Crippen LogP contribution is -2.43. The molecule has 3 N–H and O–H groups in total. The molecular weight excluding hydrogens is 450 g/mol. The van der Waals surface area contributed by atoms with Crippen molar-refractivity contribution in [3.05, 3.63) is 48.3 Å². The Morgan fingerprint density at radius 3 is 2.37 bits per heavy atom. The number of hydrogen-bond donors (Lipinski definition) is 3. The Labute approximate surface area is 205 Å². The number of benzene rings is 1. The quantitative estimate of drug-likeness (QED) is 0.484. The molecule has 0 spiro atoms. The normalized spacial score (nSPS) is 17.8. The molecule has 0 radical (unpaired) electrons. The van der Waals surface area contributed by atoms with Crippen molar-refractivity contribution in [1.82, 2.24) is 15.6 Å². The average Bonchev–Trinajstić information content (AvgIpc) is 2.81. The highest BCUT2D eigenvalue weighted by Crippen LogP contribution is 2.26. The molecule has 0 saturated heterocycles. The molecule has 0 atom stereocenters. The minimum atomic E-state index is -1.01. The molecule has 2 amide bonds. The minimum absolute atomic E-state index is 0.00237. The van der Waals surface area contributed by atoms with E-state index >= 15 is 0 Å². The predicted octanol–water partition coefficient (Wildman–Crippen LogP) is 4.03. The molecule has 35 heavy (non-hydrogen) atoms. The molecule has 1 aliphatic rings. The summed E-state index contributed by atoms with van der Waals surface area (Å²) in [4.78, 5) is 39.8. The monoisotopic (exact) mass is 483 g/mol. The molecule has 0 bridgehead atoms. The second-order valence-electron chi connectivity index (χ2n) is 9.59. The Morgan fingerprint density at radius 2 is 1.74 bits per heavy atom. The van der Waals surface area contributed by atoms with Gasteiger partial charge in [0.1, 0.15) is 18.0 Å². The first-order valence-electron chi connectivity index (χ1n) is 11.8. The van der Waals surface area contributed by atoms with Crippen molar-refractivity contribution in [1.29, 1.82) is 0 Å². The second kappa shape index (κ2) is 11.7. The van der Waals surface area contributed by atoms with Gasteiger partial charge in [0.05, 0.1) is 12.1 Å². The van der Waals surface area contributed by atoms with Crippen LogP contribution in [0.5, 0.6) is 5.75 Å². The van der Waals surface area contributed by atoms with Crippen molar-refractivity contribution >= 4 is 18.0 Å². The molecule has 3 rings (SSSR count). The lowest BCUT2D eigenvalue weighted by Gasteiger charge is -2.29. The van der Waals surface area contributed by atoms with Gasteiger partial charge in [0, 0.05) is 29.9 Å². The summed E-state index contributed by atoms with van der Waals surface area (Å²) >= 11 is 0. The van der Waals surface area contributed by atoms with Gasteiger partial charge >= 0.3 is 12.1 Å². The van der Waals surface area contributed by atoms with E-state index in [0.717, 1.165) is 18.4 Å². The molecule has 0 unspecified atom stereocenters. The third-order valence-electron chi connectivity index (χ3n) is 5.71. The van der Waals surface area contributed by atoms with Crippen LogP contribution in [0.4, 0.5) is 4.79 Å². The van der Waals surface area contributed by atoms with Gasteiger partial charge in [-0.2, -0.15) is 0 Å². The van der Waals surface area contributed by atoms with E-state index < -0.39 is 17.7 Å². The van der Waals surface area contributed by atoms with Gasteiger partial charge in [-0.3, -0.25) is 9.78 Å². The van der Waals surface area contributed by atoms with Gasteiger partial charge in [0.2, 0.25) is 5.91 Å². The Bertz CT molecular complexity index is 1020. The number of carboxylic acid groups (broad SMARTS) is 1. The van der Waals surface area contributed by atoms with Crippen LogP contribution in [0.2, 0.25) is 0 Å². The summed E-state index contributed by atoms with van der Waals surface area (Å²) in [6.45, 7) is 6.17. The largest absolute Gasteiger partial charge is 0.492 e. The number of carboxylic acids is 1. The van der Waals surface area contributed by atoms with E-state index in [2.05, 4.69) is 15.6 Å². The maximum atomic E-state index is 12.5. The van der Waals surface area contributed by atoms with E-state index in [0.29, 0.717) is 37.3 Å². The lowest BCUT2D eigenvalue weighted by atomic mass is 9.85. The number of aromatic nitrogens is 1. The molecule has 0 aliphatic heterocycles. The van der Waals surface area contributed by atoms with Crippen LogP contribution >= 0.6 is 0 Å². The van der Waals surface area contributed by atoms with Crippen LogP contribution in [0, 0.1) is 5.92 Å². The van der Waals surface area contributed by atoms with Crippen LogP contribution in [0.3, 0.4) is 0 Å². The number of ether oxygens (including phenoxy) is 2.